The summed E-state index contributed by atoms with van der Waals surface area (Å²) in [6.07, 6.45) is 3.59. The summed E-state index contributed by atoms with van der Waals surface area (Å²) in [5.74, 6) is -2.10. The summed E-state index contributed by atoms with van der Waals surface area (Å²) < 4.78 is 13.3. The van der Waals surface area contributed by atoms with E-state index in [-0.39, 0.29) is 17.9 Å². The molecule has 3 aromatic rings. The molecule has 2 aromatic carbocycles. The average molecular weight is 506 g/mol. The number of nitrogens with two attached hydrogens (primary N) is 1. The number of nitrogen functional groups attached to an aromatic ring is 1. The third-order valence-corrected chi connectivity index (χ3v) is 6.28. The van der Waals surface area contributed by atoms with E-state index in [9.17, 15) is 23.9 Å². The number of rotatable bonds is 7. The number of anilines is 2. The Balaban J connectivity index is 1.44. The van der Waals surface area contributed by atoms with Gasteiger partial charge in [0.2, 0.25) is 0 Å². The summed E-state index contributed by atoms with van der Waals surface area (Å²) in [6, 6.07) is 12.9. The molecule has 37 heavy (non-hydrogen) atoms. The molecule has 10 heteroatoms. The highest BCUT2D eigenvalue weighted by Crippen LogP contribution is 2.27. The molecule has 0 radical (unpaired) electrons. The first-order chi connectivity index (χ1) is 17.8. The number of nitrogens with zero attached hydrogens (tertiary/aromatic N) is 3. The van der Waals surface area contributed by atoms with Crippen LogP contribution >= 0.6 is 0 Å². The van der Waals surface area contributed by atoms with E-state index in [2.05, 4.69) is 15.2 Å². The summed E-state index contributed by atoms with van der Waals surface area (Å²) in [5.41, 5.74) is 8.79. The van der Waals surface area contributed by atoms with Gasteiger partial charge in [-0.3, -0.25) is 19.4 Å². The van der Waals surface area contributed by atoms with Crippen LogP contribution in [0.15, 0.2) is 67.0 Å². The number of aliphatic carboxylic acids is 1. The smallest absolute Gasteiger partial charge is 0.305 e. The lowest BCUT2D eigenvalue weighted by atomic mass is 10.0. The van der Waals surface area contributed by atoms with Crippen molar-refractivity contribution >= 4 is 29.2 Å². The van der Waals surface area contributed by atoms with Crippen LogP contribution in [0.2, 0.25) is 0 Å². The van der Waals surface area contributed by atoms with Gasteiger partial charge in [-0.15, -0.1) is 0 Å². The molecule has 9 nitrogen and oxygen atoms in total. The number of carbonyl (C=O) groups excluding carboxylic acids is 2. The maximum absolute atomic E-state index is 13.3. The minimum atomic E-state index is -1.10. The number of pyridine rings is 1. The minimum Gasteiger partial charge on any atom is -0.481 e. The first-order valence-electron chi connectivity index (χ1n) is 11.9. The quantitative estimate of drug-likeness (QED) is 0.421. The van der Waals surface area contributed by atoms with Crippen LogP contribution < -0.4 is 16.0 Å². The molecular weight excluding hydrogens is 477 g/mol. The second kappa shape index (κ2) is 11.5. The van der Waals surface area contributed by atoms with E-state index >= 15 is 0 Å². The van der Waals surface area contributed by atoms with Gasteiger partial charge in [0.15, 0.2) is 0 Å². The fraction of sp³-hybridized carbons (Fsp3) is 0.259. The van der Waals surface area contributed by atoms with E-state index in [4.69, 9.17) is 5.73 Å². The van der Waals surface area contributed by atoms with Crippen molar-refractivity contribution < 1.29 is 23.9 Å². The molecule has 1 aromatic heterocycles. The summed E-state index contributed by atoms with van der Waals surface area (Å²) >= 11 is 0. The van der Waals surface area contributed by atoms with Gasteiger partial charge in [-0.2, -0.15) is 0 Å². The van der Waals surface area contributed by atoms with Gasteiger partial charge in [0.25, 0.3) is 11.8 Å². The van der Waals surface area contributed by atoms with Gasteiger partial charge < -0.3 is 26.0 Å². The van der Waals surface area contributed by atoms with Crippen LogP contribution in [0.1, 0.15) is 45.2 Å². The Morgan fingerprint density at radius 3 is 2.49 bits per heavy atom. The van der Waals surface area contributed by atoms with Crippen molar-refractivity contribution in [2.75, 3.05) is 36.8 Å². The molecule has 0 saturated carbocycles. The Hall–Kier alpha value is -4.47. The first kappa shape index (κ1) is 25.6. The topological polar surface area (TPSA) is 129 Å². The highest BCUT2D eigenvalue weighted by Gasteiger charge is 2.23. The van der Waals surface area contributed by atoms with Crippen molar-refractivity contribution in [1.29, 1.82) is 0 Å². The normalized spacial score (nSPS) is 14.5. The summed E-state index contributed by atoms with van der Waals surface area (Å²) in [6.45, 7) is 2.40. The summed E-state index contributed by atoms with van der Waals surface area (Å²) in [5, 5.41) is 12.0. The molecule has 4 N–H and O–H groups in total. The van der Waals surface area contributed by atoms with Gasteiger partial charge in [-0.05, 0) is 54.4 Å². The molecule has 1 fully saturated rings. The second-order valence-electron chi connectivity index (χ2n) is 8.82. The lowest BCUT2D eigenvalue weighted by Gasteiger charge is -2.25. The van der Waals surface area contributed by atoms with Gasteiger partial charge in [0, 0.05) is 44.1 Å². The molecule has 4 rings (SSSR count). The number of carboxylic acid groups (broad SMARTS) is 1. The number of halogens is 1. The number of benzene rings is 2. The maximum atomic E-state index is 13.3. The number of hydrogen-bond donors (Lipinski definition) is 3. The van der Waals surface area contributed by atoms with Crippen molar-refractivity contribution in [3.8, 4) is 0 Å². The Bertz CT molecular complexity index is 1270. The van der Waals surface area contributed by atoms with Crippen molar-refractivity contribution in [2.24, 2.45) is 0 Å². The lowest BCUT2D eigenvalue weighted by molar-refractivity contribution is -0.137. The molecule has 192 valence electrons. The third-order valence-electron chi connectivity index (χ3n) is 6.28. The zero-order valence-corrected chi connectivity index (χ0v) is 20.1. The number of carbonyl (C=O) groups is 3. The molecule has 1 saturated heterocycles. The Morgan fingerprint density at radius 1 is 1.03 bits per heavy atom. The predicted molar refractivity (Wildman–Crippen MR) is 137 cm³/mol. The molecule has 1 aliphatic heterocycles. The monoisotopic (exact) mass is 505 g/mol. The van der Waals surface area contributed by atoms with Crippen LogP contribution in [0, 0.1) is 5.82 Å². The van der Waals surface area contributed by atoms with E-state index in [1.807, 2.05) is 0 Å². The van der Waals surface area contributed by atoms with Crippen LogP contribution in [0.5, 0.6) is 0 Å². The zero-order chi connectivity index (χ0) is 26.4. The Kier molecular flexibility index (Phi) is 7.97. The number of nitrogens with one attached hydrogen (secondary N) is 1. The van der Waals surface area contributed by atoms with Gasteiger partial charge in [0.05, 0.1) is 29.4 Å². The minimum absolute atomic E-state index is 0.0630. The number of amides is 2. The molecule has 2 amide bonds. The van der Waals surface area contributed by atoms with Crippen LogP contribution in [0.4, 0.5) is 15.8 Å². The van der Waals surface area contributed by atoms with Crippen molar-refractivity contribution in [2.45, 2.75) is 18.9 Å². The van der Waals surface area contributed by atoms with E-state index in [1.54, 1.807) is 47.6 Å². The van der Waals surface area contributed by atoms with Gasteiger partial charge in [-0.1, -0.05) is 12.1 Å². The van der Waals surface area contributed by atoms with E-state index in [0.717, 1.165) is 12.1 Å². The Morgan fingerprint density at radius 2 is 1.81 bits per heavy atom. The van der Waals surface area contributed by atoms with Crippen LogP contribution in [-0.2, 0) is 4.79 Å². The van der Waals surface area contributed by atoms with Crippen LogP contribution in [-0.4, -0.2) is 59.0 Å². The van der Waals surface area contributed by atoms with Gasteiger partial charge >= 0.3 is 5.97 Å². The van der Waals surface area contributed by atoms with Crippen LogP contribution in [0.3, 0.4) is 0 Å². The number of carboxylic acids is 1. The maximum Gasteiger partial charge on any atom is 0.305 e. The highest BCUT2D eigenvalue weighted by molar-refractivity contribution is 5.97. The fourth-order valence-corrected chi connectivity index (χ4v) is 4.38. The van der Waals surface area contributed by atoms with E-state index < -0.39 is 23.7 Å². The largest absolute Gasteiger partial charge is 0.481 e. The zero-order valence-electron chi connectivity index (χ0n) is 20.1. The standard InChI is InChI=1S/C27H28FN5O4/c28-21-7-4-18(5-8-21)23(16-25(34)35)31-26(36)19-6-9-24(22(29)15-19)32-11-2-12-33(14-13-32)27(37)20-3-1-10-30-17-20/h1,3-10,15,17,23H,2,11-14,16,29H2,(H,31,36)(H,34,35). The SMILES string of the molecule is Nc1cc(C(=O)NC(CC(=O)O)c2ccc(F)cc2)ccc1N1CCCN(C(=O)c2cccnc2)CC1. The molecule has 0 aliphatic carbocycles. The average Bonchev–Trinajstić information content (AvgIpc) is 3.15. The molecule has 1 unspecified atom stereocenters. The lowest BCUT2D eigenvalue weighted by Crippen LogP contribution is -2.35. The molecule has 1 atom stereocenters. The fourth-order valence-electron chi connectivity index (χ4n) is 4.38. The molecular formula is C27H28FN5O4. The van der Waals surface area contributed by atoms with E-state index in [0.29, 0.717) is 43.0 Å². The predicted octanol–water partition coefficient (Wildman–Crippen LogP) is 3.10. The molecule has 0 bridgehead atoms. The van der Waals surface area contributed by atoms with Crippen molar-refractivity contribution in [3.05, 3.63) is 89.5 Å². The van der Waals surface area contributed by atoms with Crippen molar-refractivity contribution in [3.63, 3.8) is 0 Å². The summed E-state index contributed by atoms with van der Waals surface area (Å²) in [7, 11) is 0. The third kappa shape index (κ3) is 6.40. The van der Waals surface area contributed by atoms with Crippen LogP contribution in [0.25, 0.3) is 0 Å². The summed E-state index contributed by atoms with van der Waals surface area (Å²) in [4.78, 5) is 45.0. The first-order valence-corrected chi connectivity index (χ1v) is 11.9. The van der Waals surface area contributed by atoms with Gasteiger partial charge in [-0.25, -0.2) is 4.39 Å². The van der Waals surface area contributed by atoms with E-state index in [1.165, 1.54) is 24.3 Å². The second-order valence-corrected chi connectivity index (χ2v) is 8.82. The molecule has 0 spiro atoms. The molecule has 2 heterocycles. The number of hydrogen-bond acceptors (Lipinski definition) is 6. The number of aromatic nitrogens is 1. The molecule has 1 aliphatic rings. The van der Waals surface area contributed by atoms with Crippen molar-refractivity contribution in [1.82, 2.24) is 15.2 Å². The Labute approximate surface area is 213 Å². The van der Waals surface area contributed by atoms with Gasteiger partial charge in [0.1, 0.15) is 5.82 Å². The highest BCUT2D eigenvalue weighted by atomic mass is 19.1.